The van der Waals surface area contributed by atoms with E-state index in [9.17, 15) is 14.7 Å². The van der Waals surface area contributed by atoms with Gasteiger partial charge in [-0.1, -0.05) is 0 Å². The van der Waals surface area contributed by atoms with E-state index in [1.165, 1.54) is 0 Å². The summed E-state index contributed by atoms with van der Waals surface area (Å²) in [7, 11) is 0. The number of carboxylic acid groups (broad SMARTS) is 1. The quantitative estimate of drug-likeness (QED) is 0.451. The van der Waals surface area contributed by atoms with E-state index in [1.807, 2.05) is 5.32 Å². The number of amides is 1. The van der Waals surface area contributed by atoms with Crippen molar-refractivity contribution in [2.75, 3.05) is 6.61 Å². The third kappa shape index (κ3) is 3.03. The Morgan fingerprint density at radius 1 is 1.70 bits per heavy atom. The van der Waals surface area contributed by atoms with E-state index < -0.39 is 24.5 Å². The molecule has 0 aromatic rings. The topological polar surface area (TPSA) is 89.5 Å². The van der Waals surface area contributed by atoms with Gasteiger partial charge in [0.05, 0.1) is 18.6 Å². The van der Waals surface area contributed by atoms with Gasteiger partial charge in [-0.05, 0) is 0 Å². The largest absolute Gasteiger partial charge is 0.548 e. The first-order valence-corrected chi connectivity index (χ1v) is 2.66. The Balaban J connectivity index is 3.83. The van der Waals surface area contributed by atoms with Crippen LogP contribution in [0.25, 0.3) is 0 Å². The second kappa shape index (κ2) is 3.84. The minimum absolute atomic E-state index is 0.511. The summed E-state index contributed by atoms with van der Waals surface area (Å²) in [6.07, 6.45) is 0. The number of carbonyl (C=O) groups excluding carboxylic acids is 2. The summed E-state index contributed by atoms with van der Waals surface area (Å²) in [5, 5.41) is 20.3. The van der Waals surface area contributed by atoms with E-state index in [0.29, 0.717) is 0 Å². The van der Waals surface area contributed by atoms with Crippen LogP contribution in [0.3, 0.4) is 0 Å². The zero-order chi connectivity index (χ0) is 8.15. The molecule has 0 saturated carbocycles. The minimum Gasteiger partial charge on any atom is -0.548 e. The van der Waals surface area contributed by atoms with Crippen molar-refractivity contribution in [3.05, 3.63) is 0 Å². The van der Waals surface area contributed by atoms with E-state index in [-0.39, 0.29) is 0 Å². The molecule has 58 valence electrons. The van der Waals surface area contributed by atoms with Crippen LogP contribution in [-0.2, 0) is 9.59 Å². The molecular formula is C5H8NO4-. The number of hydrogen-bond acceptors (Lipinski definition) is 4. The summed E-state index contributed by atoms with van der Waals surface area (Å²) in [5.41, 5.74) is 0. The summed E-state index contributed by atoms with van der Waals surface area (Å²) in [6.45, 7) is 0.507. The second-order valence-electron chi connectivity index (χ2n) is 1.75. The molecule has 1 atom stereocenters. The summed E-state index contributed by atoms with van der Waals surface area (Å²) >= 11 is 0. The lowest BCUT2D eigenvalue weighted by molar-refractivity contribution is -0.309. The van der Waals surface area contributed by atoms with Crippen molar-refractivity contribution in [3.63, 3.8) is 0 Å². The van der Waals surface area contributed by atoms with Crippen LogP contribution < -0.4 is 10.4 Å². The lowest BCUT2D eigenvalue weighted by Crippen LogP contribution is -2.49. The first kappa shape index (κ1) is 8.90. The second-order valence-corrected chi connectivity index (χ2v) is 1.75. The van der Waals surface area contributed by atoms with E-state index in [0.717, 1.165) is 6.92 Å². The van der Waals surface area contributed by atoms with E-state index >= 15 is 0 Å². The van der Waals surface area contributed by atoms with Crippen molar-refractivity contribution in [3.8, 4) is 0 Å². The number of aliphatic carboxylic acids is 1. The van der Waals surface area contributed by atoms with Crippen molar-refractivity contribution in [1.82, 2.24) is 5.32 Å². The molecule has 0 aromatic carbocycles. The molecule has 5 nitrogen and oxygen atoms in total. The van der Waals surface area contributed by atoms with Crippen molar-refractivity contribution in [2.24, 2.45) is 0 Å². The fraction of sp³-hybridized carbons (Fsp3) is 0.600. The number of carbonyl (C=O) groups is 2. The maximum absolute atomic E-state index is 10.2. The van der Waals surface area contributed by atoms with Gasteiger partial charge in [-0.15, -0.1) is 0 Å². The molecule has 2 N–H and O–H groups in total. The van der Waals surface area contributed by atoms with Gasteiger partial charge in [0.25, 0.3) is 0 Å². The monoisotopic (exact) mass is 146 g/mol. The van der Waals surface area contributed by atoms with Crippen LogP contribution in [0, 0.1) is 0 Å². The number of nitrogens with one attached hydrogen (secondary N) is 1. The van der Waals surface area contributed by atoms with Crippen molar-refractivity contribution >= 4 is 11.9 Å². The first-order valence-electron chi connectivity index (χ1n) is 2.66. The molecule has 0 saturated heterocycles. The molecule has 0 aliphatic rings. The smallest absolute Gasteiger partial charge is 0.217 e. The molecule has 1 unspecified atom stereocenters. The number of aliphatic hydroxyl groups excluding tert-OH is 1. The molecule has 10 heavy (non-hydrogen) atoms. The van der Waals surface area contributed by atoms with Crippen LogP contribution in [0.4, 0.5) is 0 Å². The lowest BCUT2D eigenvalue weighted by Gasteiger charge is -2.14. The lowest BCUT2D eigenvalue weighted by atomic mass is 10.3. The predicted molar refractivity (Wildman–Crippen MR) is 29.7 cm³/mol. The maximum atomic E-state index is 10.2. The van der Waals surface area contributed by atoms with Crippen molar-refractivity contribution in [2.45, 2.75) is 13.0 Å². The van der Waals surface area contributed by atoms with Crippen molar-refractivity contribution < 1.29 is 19.8 Å². The highest BCUT2D eigenvalue weighted by molar-refractivity contribution is 5.81. The molecule has 0 aliphatic heterocycles. The normalized spacial score (nSPS) is 12.2. The molecule has 0 radical (unpaired) electrons. The van der Waals surface area contributed by atoms with Gasteiger partial charge in [0.2, 0.25) is 5.91 Å². The third-order valence-electron chi connectivity index (χ3n) is 0.845. The Hall–Kier alpha value is -1.10. The van der Waals surface area contributed by atoms with Crippen LogP contribution in [0.2, 0.25) is 0 Å². The molecule has 0 rings (SSSR count). The van der Waals surface area contributed by atoms with Crippen molar-refractivity contribution in [1.29, 1.82) is 0 Å². The Morgan fingerprint density at radius 2 is 2.20 bits per heavy atom. The highest BCUT2D eigenvalue weighted by Crippen LogP contribution is 1.77. The molecule has 0 aliphatic carbocycles. The minimum atomic E-state index is -1.49. The molecular weight excluding hydrogens is 138 g/mol. The van der Waals surface area contributed by atoms with Gasteiger partial charge in [-0.25, -0.2) is 0 Å². The van der Waals surface area contributed by atoms with Gasteiger partial charge in [-0.3, -0.25) is 4.79 Å². The number of carboxylic acids is 1. The Labute approximate surface area is 57.7 Å². The van der Waals surface area contributed by atoms with Crippen LogP contribution in [-0.4, -0.2) is 29.6 Å². The predicted octanol–water partition coefficient (Wildman–Crippen LogP) is -2.77. The highest BCUT2D eigenvalue weighted by atomic mass is 16.4. The van der Waals surface area contributed by atoms with Gasteiger partial charge in [0, 0.05) is 6.92 Å². The fourth-order valence-electron chi connectivity index (χ4n) is 0.424. The number of hydrogen-bond donors (Lipinski definition) is 2. The van der Waals surface area contributed by atoms with Gasteiger partial charge < -0.3 is 20.3 Å². The summed E-state index contributed by atoms with van der Waals surface area (Å²) in [6, 6.07) is -1.29. The van der Waals surface area contributed by atoms with Crippen LogP contribution in [0.15, 0.2) is 0 Å². The molecule has 0 heterocycles. The first-order chi connectivity index (χ1) is 4.57. The Morgan fingerprint density at radius 3 is 2.30 bits per heavy atom. The zero-order valence-corrected chi connectivity index (χ0v) is 5.46. The molecule has 0 fully saturated rings. The van der Waals surface area contributed by atoms with E-state index in [1.54, 1.807) is 0 Å². The highest BCUT2D eigenvalue weighted by Gasteiger charge is 2.07. The number of rotatable bonds is 3. The van der Waals surface area contributed by atoms with Gasteiger partial charge >= 0.3 is 0 Å². The van der Waals surface area contributed by atoms with Crippen LogP contribution in [0.1, 0.15) is 6.92 Å². The zero-order valence-electron chi connectivity index (χ0n) is 5.46. The van der Waals surface area contributed by atoms with Gasteiger partial charge in [-0.2, -0.15) is 0 Å². The molecule has 1 amide bonds. The molecule has 5 heteroatoms. The number of aliphatic hydroxyl groups is 1. The Kier molecular flexibility index (Phi) is 3.42. The van der Waals surface area contributed by atoms with E-state index in [4.69, 9.17) is 5.11 Å². The third-order valence-corrected chi connectivity index (χ3v) is 0.845. The average Bonchev–Trinajstić information content (AvgIpc) is 1.81. The van der Waals surface area contributed by atoms with Gasteiger partial charge in [0.15, 0.2) is 0 Å². The fourth-order valence-corrected chi connectivity index (χ4v) is 0.424. The summed E-state index contributed by atoms with van der Waals surface area (Å²) < 4.78 is 0. The molecule has 0 aromatic heterocycles. The maximum Gasteiger partial charge on any atom is 0.217 e. The van der Waals surface area contributed by atoms with E-state index in [2.05, 4.69) is 0 Å². The average molecular weight is 146 g/mol. The summed E-state index contributed by atoms with van der Waals surface area (Å²) in [4.78, 5) is 20.2. The summed E-state index contributed by atoms with van der Waals surface area (Å²) in [5.74, 6) is -2.00. The molecule has 0 bridgehead atoms. The standard InChI is InChI=1S/C5H9NO4/c1-3(8)6-4(2-7)5(9)10/h4,7H,2H2,1H3,(H,6,8)(H,9,10)/p-1. The van der Waals surface area contributed by atoms with Crippen LogP contribution in [0.5, 0.6) is 0 Å². The van der Waals surface area contributed by atoms with Gasteiger partial charge in [0.1, 0.15) is 0 Å². The molecule has 0 spiro atoms. The van der Waals surface area contributed by atoms with Crippen LogP contribution >= 0.6 is 0 Å². The SMILES string of the molecule is CC(=O)NC(CO)C(=O)[O-]. The Bertz CT molecular complexity index is 145.